The van der Waals surface area contributed by atoms with Crippen molar-refractivity contribution >= 4 is 16.0 Å². The number of guanidine groups is 1. The Hall–Kier alpha value is -2.32. The van der Waals surface area contributed by atoms with Crippen LogP contribution in [0.4, 0.5) is 0 Å². The van der Waals surface area contributed by atoms with Crippen LogP contribution < -0.4 is 10.6 Å². The predicted molar refractivity (Wildman–Crippen MR) is 116 cm³/mol. The topological polar surface area (TPSA) is 78.7 Å². The van der Waals surface area contributed by atoms with E-state index < -0.39 is 10.0 Å². The second-order valence-electron chi connectivity index (χ2n) is 7.23. The van der Waals surface area contributed by atoms with E-state index in [4.69, 9.17) is 4.99 Å². The lowest BCUT2D eigenvalue weighted by atomic mass is 9.98. The Morgan fingerprint density at radius 2 is 1.76 bits per heavy atom. The SMILES string of the molecule is CCNC(=NCC1CCN(S(=O)(=O)c2ccccc2)CC1)NCCn1cccc1. The molecular formula is C21H31N5O2S. The third-order valence-electron chi connectivity index (χ3n) is 5.13. The number of aliphatic imine (C=N–C) groups is 1. The Balaban J connectivity index is 1.48. The van der Waals surface area contributed by atoms with Crippen molar-refractivity contribution in [2.75, 3.05) is 32.7 Å². The highest BCUT2D eigenvalue weighted by Gasteiger charge is 2.29. The molecule has 0 radical (unpaired) electrons. The minimum atomic E-state index is -3.39. The summed E-state index contributed by atoms with van der Waals surface area (Å²) in [6.45, 7) is 6.35. The molecular weight excluding hydrogens is 386 g/mol. The summed E-state index contributed by atoms with van der Waals surface area (Å²) in [4.78, 5) is 5.09. The zero-order valence-electron chi connectivity index (χ0n) is 17.0. The van der Waals surface area contributed by atoms with Gasteiger partial charge in [-0.15, -0.1) is 0 Å². The second-order valence-corrected chi connectivity index (χ2v) is 9.17. The van der Waals surface area contributed by atoms with Crippen molar-refractivity contribution < 1.29 is 8.42 Å². The molecule has 0 amide bonds. The highest BCUT2D eigenvalue weighted by atomic mass is 32.2. The fraction of sp³-hybridized carbons (Fsp3) is 0.476. The largest absolute Gasteiger partial charge is 0.357 e. The van der Waals surface area contributed by atoms with Crippen LogP contribution in [0.3, 0.4) is 0 Å². The third-order valence-corrected chi connectivity index (χ3v) is 7.05. The third kappa shape index (κ3) is 6.08. The Morgan fingerprint density at radius 3 is 2.41 bits per heavy atom. The van der Waals surface area contributed by atoms with E-state index in [0.29, 0.717) is 30.4 Å². The minimum Gasteiger partial charge on any atom is -0.357 e. The summed E-state index contributed by atoms with van der Waals surface area (Å²) < 4.78 is 29.2. The van der Waals surface area contributed by atoms with Crippen molar-refractivity contribution in [1.29, 1.82) is 0 Å². The zero-order valence-corrected chi connectivity index (χ0v) is 17.8. The number of rotatable bonds is 8. The quantitative estimate of drug-likeness (QED) is 0.510. The van der Waals surface area contributed by atoms with Gasteiger partial charge in [0.05, 0.1) is 4.90 Å². The number of sulfonamides is 1. The predicted octanol–water partition coefficient (Wildman–Crippen LogP) is 2.14. The standard InChI is InChI=1S/C21H31N5O2S/c1-2-22-21(23-12-17-25-13-6-7-14-25)24-18-19-10-15-26(16-11-19)29(27,28)20-8-4-3-5-9-20/h3-9,13-14,19H,2,10-12,15-18H2,1H3,(H2,22,23,24). The highest BCUT2D eigenvalue weighted by molar-refractivity contribution is 7.89. The van der Waals surface area contributed by atoms with Gasteiger partial charge in [0.15, 0.2) is 5.96 Å². The number of piperidine rings is 1. The number of hydrogen-bond donors (Lipinski definition) is 2. The van der Waals surface area contributed by atoms with Crippen molar-refractivity contribution in [3.05, 3.63) is 54.9 Å². The maximum atomic E-state index is 12.7. The van der Waals surface area contributed by atoms with Gasteiger partial charge in [-0.05, 0) is 49.9 Å². The van der Waals surface area contributed by atoms with Gasteiger partial charge in [-0.3, -0.25) is 4.99 Å². The average molecular weight is 418 g/mol. The van der Waals surface area contributed by atoms with E-state index in [0.717, 1.165) is 38.4 Å². The lowest BCUT2D eigenvalue weighted by molar-refractivity contribution is 0.278. The molecule has 1 saturated heterocycles. The molecule has 158 valence electrons. The first-order valence-electron chi connectivity index (χ1n) is 10.3. The van der Waals surface area contributed by atoms with Gasteiger partial charge in [-0.25, -0.2) is 8.42 Å². The first-order valence-corrected chi connectivity index (χ1v) is 11.7. The molecule has 0 bridgehead atoms. The van der Waals surface area contributed by atoms with E-state index in [1.807, 2.05) is 30.6 Å². The van der Waals surface area contributed by atoms with Gasteiger partial charge >= 0.3 is 0 Å². The smallest absolute Gasteiger partial charge is 0.243 e. The fourth-order valence-corrected chi connectivity index (χ4v) is 4.95. The van der Waals surface area contributed by atoms with Gasteiger partial charge in [0.25, 0.3) is 0 Å². The number of hydrogen-bond acceptors (Lipinski definition) is 3. The maximum absolute atomic E-state index is 12.7. The molecule has 1 aliphatic rings. The molecule has 7 nitrogen and oxygen atoms in total. The molecule has 1 aromatic carbocycles. The number of benzene rings is 1. The zero-order chi connectivity index (χ0) is 20.5. The summed E-state index contributed by atoms with van der Waals surface area (Å²) in [6.07, 6.45) is 5.75. The minimum absolute atomic E-state index is 0.373. The summed E-state index contributed by atoms with van der Waals surface area (Å²) in [5.41, 5.74) is 0. The van der Waals surface area contributed by atoms with E-state index in [-0.39, 0.29) is 0 Å². The summed E-state index contributed by atoms with van der Waals surface area (Å²) in [5.74, 6) is 1.22. The Labute approximate surface area is 173 Å². The number of aromatic nitrogens is 1. The Morgan fingerprint density at radius 1 is 1.07 bits per heavy atom. The molecule has 3 rings (SSSR count). The van der Waals surface area contributed by atoms with Crippen molar-refractivity contribution in [1.82, 2.24) is 19.5 Å². The lowest BCUT2D eigenvalue weighted by Gasteiger charge is -2.30. The normalized spacial score (nSPS) is 16.7. The van der Waals surface area contributed by atoms with Crippen LogP contribution in [-0.4, -0.2) is 56.0 Å². The van der Waals surface area contributed by atoms with Gasteiger partial charge in [-0.1, -0.05) is 18.2 Å². The van der Waals surface area contributed by atoms with Gasteiger partial charge in [-0.2, -0.15) is 4.31 Å². The maximum Gasteiger partial charge on any atom is 0.243 e. The van der Waals surface area contributed by atoms with Crippen LogP contribution in [0.25, 0.3) is 0 Å². The van der Waals surface area contributed by atoms with Gasteiger partial charge in [0.1, 0.15) is 0 Å². The molecule has 0 atom stereocenters. The molecule has 2 aromatic rings. The van der Waals surface area contributed by atoms with Crippen LogP contribution in [0.15, 0.2) is 64.7 Å². The molecule has 29 heavy (non-hydrogen) atoms. The number of nitrogens with one attached hydrogen (secondary N) is 2. The van der Waals surface area contributed by atoms with Crippen LogP contribution in [-0.2, 0) is 16.6 Å². The summed E-state index contributed by atoms with van der Waals surface area (Å²) in [5, 5.41) is 6.64. The second kappa shape index (κ2) is 10.5. The molecule has 2 N–H and O–H groups in total. The van der Waals surface area contributed by atoms with E-state index in [1.54, 1.807) is 28.6 Å². The molecule has 1 aliphatic heterocycles. The molecule has 1 fully saturated rings. The summed E-state index contributed by atoms with van der Waals surface area (Å²) in [6, 6.07) is 12.7. The van der Waals surface area contributed by atoms with Crippen molar-refractivity contribution in [2.24, 2.45) is 10.9 Å². The van der Waals surface area contributed by atoms with Crippen molar-refractivity contribution in [2.45, 2.75) is 31.2 Å². The molecule has 0 aliphatic carbocycles. The number of nitrogens with zero attached hydrogens (tertiary/aromatic N) is 3. The van der Waals surface area contributed by atoms with Crippen LogP contribution in [0.1, 0.15) is 19.8 Å². The Kier molecular flexibility index (Phi) is 7.71. The van der Waals surface area contributed by atoms with Crippen LogP contribution >= 0.6 is 0 Å². The highest BCUT2D eigenvalue weighted by Crippen LogP contribution is 2.23. The first-order chi connectivity index (χ1) is 14.1. The van der Waals surface area contributed by atoms with Crippen LogP contribution in [0.5, 0.6) is 0 Å². The average Bonchev–Trinajstić information content (AvgIpc) is 3.26. The first kappa shape index (κ1) is 21.4. The van der Waals surface area contributed by atoms with Crippen molar-refractivity contribution in [3.8, 4) is 0 Å². The molecule has 0 unspecified atom stereocenters. The van der Waals surface area contributed by atoms with Crippen LogP contribution in [0, 0.1) is 5.92 Å². The summed E-state index contributed by atoms with van der Waals surface area (Å²) >= 11 is 0. The van der Waals surface area contributed by atoms with E-state index in [9.17, 15) is 8.42 Å². The molecule has 8 heteroatoms. The fourth-order valence-electron chi connectivity index (χ4n) is 3.46. The van der Waals surface area contributed by atoms with Crippen LogP contribution in [0.2, 0.25) is 0 Å². The Bertz CT molecular complexity index is 858. The van der Waals surface area contributed by atoms with Gasteiger partial charge in [0.2, 0.25) is 10.0 Å². The van der Waals surface area contributed by atoms with E-state index >= 15 is 0 Å². The summed E-state index contributed by atoms with van der Waals surface area (Å²) in [7, 11) is -3.39. The molecule has 0 saturated carbocycles. The van der Waals surface area contributed by atoms with E-state index in [1.165, 1.54) is 0 Å². The van der Waals surface area contributed by atoms with Crippen molar-refractivity contribution in [3.63, 3.8) is 0 Å². The van der Waals surface area contributed by atoms with E-state index in [2.05, 4.69) is 22.1 Å². The van der Waals surface area contributed by atoms with Gasteiger partial charge < -0.3 is 15.2 Å². The lowest BCUT2D eigenvalue weighted by Crippen LogP contribution is -2.41. The monoisotopic (exact) mass is 417 g/mol. The van der Waals surface area contributed by atoms with Gasteiger partial charge in [0, 0.05) is 51.7 Å². The molecule has 0 spiro atoms. The molecule has 2 heterocycles. The molecule has 1 aromatic heterocycles.